The van der Waals surface area contributed by atoms with Crippen molar-refractivity contribution in [3.63, 3.8) is 0 Å². The van der Waals surface area contributed by atoms with Crippen LogP contribution in [0, 0.1) is 5.92 Å². The summed E-state index contributed by atoms with van der Waals surface area (Å²) in [6, 6.07) is 0. The number of aliphatic imine (C=N–C) groups is 1. The highest BCUT2D eigenvalue weighted by Crippen LogP contribution is 2.23. The minimum atomic E-state index is -0.152. The van der Waals surface area contributed by atoms with Crippen LogP contribution in [0.5, 0.6) is 0 Å². The SMILES string of the molecule is CC1C=C(c2cn(CCCCN)cn2)C=NC1Cl. The van der Waals surface area contributed by atoms with Gasteiger partial charge >= 0.3 is 0 Å². The van der Waals surface area contributed by atoms with Crippen molar-refractivity contribution < 1.29 is 0 Å². The molecule has 2 unspecified atom stereocenters. The van der Waals surface area contributed by atoms with Crippen LogP contribution < -0.4 is 5.73 Å². The maximum atomic E-state index is 6.03. The fourth-order valence-electron chi connectivity index (χ4n) is 1.91. The van der Waals surface area contributed by atoms with E-state index in [1.807, 2.05) is 12.5 Å². The molecule has 2 rings (SSSR count). The summed E-state index contributed by atoms with van der Waals surface area (Å²) in [5, 5.41) is 0. The Morgan fingerprint density at radius 2 is 2.28 bits per heavy atom. The predicted molar refractivity (Wildman–Crippen MR) is 75.8 cm³/mol. The zero-order chi connectivity index (χ0) is 13.0. The molecule has 0 fully saturated rings. The minimum absolute atomic E-state index is 0.152. The van der Waals surface area contributed by atoms with Crippen LogP contribution in [0.3, 0.4) is 0 Å². The lowest BCUT2D eigenvalue weighted by molar-refractivity contribution is 0.614. The molecule has 1 aromatic heterocycles. The van der Waals surface area contributed by atoms with Gasteiger partial charge in [0.15, 0.2) is 0 Å². The van der Waals surface area contributed by atoms with E-state index in [4.69, 9.17) is 17.3 Å². The van der Waals surface area contributed by atoms with Crippen LogP contribution in [0.1, 0.15) is 25.5 Å². The van der Waals surface area contributed by atoms with Crippen molar-refractivity contribution >= 4 is 23.4 Å². The number of hydrogen-bond acceptors (Lipinski definition) is 3. The molecule has 0 bridgehead atoms. The van der Waals surface area contributed by atoms with Crippen LogP contribution >= 0.6 is 11.6 Å². The van der Waals surface area contributed by atoms with Crippen molar-refractivity contribution in [2.45, 2.75) is 31.8 Å². The molecule has 1 aliphatic heterocycles. The minimum Gasteiger partial charge on any atom is -0.337 e. The van der Waals surface area contributed by atoms with Gasteiger partial charge in [-0.05, 0) is 19.4 Å². The number of nitrogens with two attached hydrogens (primary N) is 1. The molecule has 0 radical (unpaired) electrons. The predicted octanol–water partition coefficient (Wildman–Crippen LogP) is 2.29. The zero-order valence-corrected chi connectivity index (χ0v) is 11.3. The highest BCUT2D eigenvalue weighted by Gasteiger charge is 2.16. The first-order valence-electron chi connectivity index (χ1n) is 6.32. The van der Waals surface area contributed by atoms with Crippen molar-refractivity contribution in [2.75, 3.05) is 6.54 Å². The Morgan fingerprint density at radius 1 is 1.44 bits per heavy atom. The lowest BCUT2D eigenvalue weighted by Gasteiger charge is -2.15. The number of dihydropyridines is 1. The van der Waals surface area contributed by atoms with Crippen molar-refractivity contribution in [2.24, 2.45) is 16.6 Å². The van der Waals surface area contributed by atoms with Crippen LogP contribution in [-0.2, 0) is 6.54 Å². The Hall–Kier alpha value is -1.13. The number of alkyl halides is 1. The highest BCUT2D eigenvalue weighted by molar-refractivity contribution is 6.23. The largest absolute Gasteiger partial charge is 0.337 e. The molecule has 1 aromatic rings. The monoisotopic (exact) mass is 266 g/mol. The topological polar surface area (TPSA) is 56.2 Å². The lowest BCUT2D eigenvalue weighted by atomic mass is 10.0. The van der Waals surface area contributed by atoms with E-state index < -0.39 is 0 Å². The molecule has 0 aliphatic carbocycles. The zero-order valence-electron chi connectivity index (χ0n) is 10.6. The third-order valence-electron chi connectivity index (χ3n) is 3.03. The van der Waals surface area contributed by atoms with Gasteiger partial charge in [-0.25, -0.2) is 4.98 Å². The molecule has 2 atom stereocenters. The van der Waals surface area contributed by atoms with Crippen molar-refractivity contribution in [3.05, 3.63) is 24.3 Å². The lowest BCUT2D eigenvalue weighted by Crippen LogP contribution is -2.11. The first-order valence-corrected chi connectivity index (χ1v) is 6.75. The summed E-state index contributed by atoms with van der Waals surface area (Å²) in [6.07, 6.45) is 9.97. The van der Waals surface area contributed by atoms with Crippen molar-refractivity contribution in [1.82, 2.24) is 9.55 Å². The van der Waals surface area contributed by atoms with Crippen molar-refractivity contribution in [3.8, 4) is 0 Å². The van der Waals surface area contributed by atoms with Gasteiger partial charge in [0, 0.05) is 30.4 Å². The molecule has 98 valence electrons. The smallest absolute Gasteiger partial charge is 0.129 e. The summed E-state index contributed by atoms with van der Waals surface area (Å²) < 4.78 is 2.09. The number of aromatic nitrogens is 2. The third-order valence-corrected chi connectivity index (χ3v) is 3.54. The molecule has 0 saturated heterocycles. The summed E-state index contributed by atoms with van der Waals surface area (Å²) in [6.45, 7) is 3.77. The Morgan fingerprint density at radius 3 is 3.00 bits per heavy atom. The Bertz CT molecular complexity index is 450. The summed E-state index contributed by atoms with van der Waals surface area (Å²) in [5.41, 5.74) is 7.34. The van der Waals surface area contributed by atoms with Gasteiger partial charge in [0.05, 0.1) is 12.0 Å². The number of hydrogen-bond donors (Lipinski definition) is 1. The average Bonchev–Trinajstić information content (AvgIpc) is 2.82. The molecular weight excluding hydrogens is 248 g/mol. The van der Waals surface area contributed by atoms with E-state index in [2.05, 4.69) is 33.7 Å². The molecule has 0 spiro atoms. The van der Waals surface area contributed by atoms with Gasteiger partial charge in [-0.3, -0.25) is 4.99 Å². The number of nitrogens with zero attached hydrogens (tertiary/aromatic N) is 3. The molecule has 4 nitrogen and oxygen atoms in total. The molecule has 0 amide bonds. The second kappa shape index (κ2) is 6.16. The second-order valence-corrected chi connectivity index (χ2v) is 5.07. The number of unbranched alkanes of at least 4 members (excludes halogenated alkanes) is 1. The van der Waals surface area contributed by atoms with Gasteiger partial charge in [-0.1, -0.05) is 24.6 Å². The molecule has 5 heteroatoms. The van der Waals surface area contributed by atoms with E-state index >= 15 is 0 Å². The van der Waals surface area contributed by atoms with Crippen LogP contribution in [0.15, 0.2) is 23.6 Å². The van der Waals surface area contributed by atoms with E-state index in [0.717, 1.165) is 37.2 Å². The maximum Gasteiger partial charge on any atom is 0.129 e. The third kappa shape index (κ3) is 3.21. The molecule has 1 aliphatic rings. The van der Waals surface area contributed by atoms with Crippen LogP contribution in [0.2, 0.25) is 0 Å². The number of imidazole rings is 1. The first-order chi connectivity index (χ1) is 8.70. The number of aryl methyl sites for hydroxylation is 1. The fourth-order valence-corrected chi connectivity index (χ4v) is 2.04. The molecular formula is C13H19ClN4. The fraction of sp³-hybridized carbons (Fsp3) is 0.538. The Balaban J connectivity index is 2.02. The van der Waals surface area contributed by atoms with Gasteiger partial charge in [-0.15, -0.1) is 0 Å². The summed E-state index contributed by atoms with van der Waals surface area (Å²) >= 11 is 6.03. The van der Waals surface area contributed by atoms with Gasteiger partial charge in [0.1, 0.15) is 5.50 Å². The summed E-state index contributed by atoms with van der Waals surface area (Å²) in [4.78, 5) is 8.67. The van der Waals surface area contributed by atoms with Gasteiger partial charge < -0.3 is 10.3 Å². The standard InChI is InChI=1S/C13H19ClN4/c1-10-6-11(7-16-13(10)14)12-8-18(9-17-12)5-3-2-4-15/h6-10,13H,2-5,15H2,1H3. The van der Waals surface area contributed by atoms with E-state index in [1.54, 1.807) is 0 Å². The Labute approximate surface area is 113 Å². The number of rotatable bonds is 5. The molecule has 0 aromatic carbocycles. The summed E-state index contributed by atoms with van der Waals surface area (Å²) in [7, 11) is 0. The van der Waals surface area contributed by atoms with E-state index in [1.165, 1.54) is 0 Å². The van der Waals surface area contributed by atoms with Gasteiger partial charge in [-0.2, -0.15) is 0 Å². The number of halogens is 1. The number of allylic oxidation sites excluding steroid dienone is 1. The molecule has 0 saturated carbocycles. The molecule has 2 N–H and O–H groups in total. The van der Waals surface area contributed by atoms with Gasteiger partial charge in [0.2, 0.25) is 0 Å². The van der Waals surface area contributed by atoms with Crippen LogP contribution in [0.4, 0.5) is 0 Å². The van der Waals surface area contributed by atoms with Crippen molar-refractivity contribution in [1.29, 1.82) is 0 Å². The molecule has 2 heterocycles. The molecule has 18 heavy (non-hydrogen) atoms. The van der Waals surface area contributed by atoms with E-state index in [9.17, 15) is 0 Å². The van der Waals surface area contributed by atoms with Crippen LogP contribution in [0.25, 0.3) is 5.57 Å². The van der Waals surface area contributed by atoms with Crippen LogP contribution in [-0.4, -0.2) is 27.8 Å². The second-order valence-electron chi connectivity index (χ2n) is 4.62. The summed E-state index contributed by atoms with van der Waals surface area (Å²) in [5.74, 6) is 0.244. The highest BCUT2D eigenvalue weighted by atomic mass is 35.5. The van der Waals surface area contributed by atoms with E-state index in [0.29, 0.717) is 0 Å². The normalized spacial score (nSPS) is 23.2. The maximum absolute atomic E-state index is 6.03. The average molecular weight is 267 g/mol. The quantitative estimate of drug-likeness (QED) is 0.505. The first kappa shape index (κ1) is 13.3. The van der Waals surface area contributed by atoms with E-state index in [-0.39, 0.29) is 11.4 Å². The Kier molecular flexibility index (Phi) is 4.55. The van der Waals surface area contributed by atoms with Gasteiger partial charge in [0.25, 0.3) is 0 Å².